The van der Waals surface area contributed by atoms with Crippen LogP contribution in [0.15, 0.2) is 58.1 Å². The molecule has 1 amide bonds. The Labute approximate surface area is 200 Å². The zero-order valence-electron chi connectivity index (χ0n) is 19.3. The Morgan fingerprint density at radius 1 is 1.12 bits per heavy atom. The highest BCUT2D eigenvalue weighted by Gasteiger charge is 2.28. The molecule has 4 aromatic rings. The second-order valence-electron chi connectivity index (χ2n) is 8.54. The molecule has 5 rings (SSSR count). The molecular formula is C26H25N3O4S. The summed E-state index contributed by atoms with van der Waals surface area (Å²) in [6.45, 7) is 4.91. The number of ether oxygens (including phenoxy) is 1. The van der Waals surface area contributed by atoms with Gasteiger partial charge in [-0.1, -0.05) is 42.0 Å². The van der Waals surface area contributed by atoms with Crippen molar-refractivity contribution in [1.82, 2.24) is 14.0 Å². The number of carbonyl (C=O) groups excluding carboxylic acids is 1. The van der Waals surface area contributed by atoms with E-state index in [0.717, 1.165) is 21.6 Å². The maximum absolute atomic E-state index is 13.9. The van der Waals surface area contributed by atoms with E-state index >= 15 is 0 Å². The smallest absolute Gasteiger partial charge is 0.337 e. The number of aryl methyl sites for hydroxylation is 1. The molecule has 0 saturated carbocycles. The first kappa shape index (κ1) is 22.2. The highest BCUT2D eigenvalue weighted by molar-refractivity contribution is 7.18. The lowest BCUT2D eigenvalue weighted by molar-refractivity contribution is -0.129. The summed E-state index contributed by atoms with van der Waals surface area (Å²) in [5.74, 6) is 0.460. The summed E-state index contributed by atoms with van der Waals surface area (Å²) >= 11 is 1.44. The van der Waals surface area contributed by atoms with Crippen LogP contribution in [0.4, 0.5) is 0 Å². The third-order valence-corrected chi connectivity index (χ3v) is 7.56. The molecule has 1 aliphatic heterocycles. The fourth-order valence-corrected chi connectivity index (χ4v) is 5.98. The summed E-state index contributed by atoms with van der Waals surface area (Å²) in [7, 11) is 1.52. The maximum atomic E-state index is 13.9. The van der Waals surface area contributed by atoms with Crippen molar-refractivity contribution in [2.24, 2.45) is 0 Å². The first-order valence-corrected chi connectivity index (χ1v) is 11.9. The van der Waals surface area contributed by atoms with E-state index in [1.807, 2.05) is 31.2 Å². The number of para-hydroxylation sites is 2. The quantitative estimate of drug-likeness (QED) is 0.453. The van der Waals surface area contributed by atoms with Crippen LogP contribution in [0.1, 0.15) is 28.5 Å². The van der Waals surface area contributed by atoms with Gasteiger partial charge in [-0.25, -0.2) is 9.36 Å². The van der Waals surface area contributed by atoms with E-state index < -0.39 is 5.69 Å². The first-order valence-electron chi connectivity index (χ1n) is 11.1. The second kappa shape index (κ2) is 8.61. The topological polar surface area (TPSA) is 73.5 Å². The molecule has 0 saturated heterocycles. The fourth-order valence-electron chi connectivity index (χ4n) is 4.63. The molecule has 0 radical (unpaired) electrons. The number of hydrogen-bond donors (Lipinski definition) is 0. The van der Waals surface area contributed by atoms with Gasteiger partial charge in [0.2, 0.25) is 5.91 Å². The Balaban J connectivity index is 1.82. The summed E-state index contributed by atoms with van der Waals surface area (Å²) in [5.41, 5.74) is 2.67. The highest BCUT2D eigenvalue weighted by atomic mass is 32.1. The molecule has 0 bridgehead atoms. The van der Waals surface area contributed by atoms with Crippen molar-refractivity contribution in [2.75, 3.05) is 13.7 Å². The summed E-state index contributed by atoms with van der Waals surface area (Å²) < 4.78 is 8.38. The number of carbonyl (C=O) groups is 1. The minimum atomic E-state index is -0.412. The summed E-state index contributed by atoms with van der Waals surface area (Å²) in [6, 6.07) is 15.1. The third-order valence-electron chi connectivity index (χ3n) is 6.32. The van der Waals surface area contributed by atoms with Gasteiger partial charge in [0.05, 0.1) is 31.3 Å². The van der Waals surface area contributed by atoms with E-state index in [9.17, 15) is 14.4 Å². The summed E-state index contributed by atoms with van der Waals surface area (Å²) in [6.07, 6.45) is 0.582. The number of thiophene rings is 1. The van der Waals surface area contributed by atoms with E-state index in [1.54, 1.807) is 40.7 Å². The van der Waals surface area contributed by atoms with Crippen molar-refractivity contribution in [3.05, 3.63) is 90.9 Å². The van der Waals surface area contributed by atoms with Crippen LogP contribution in [0.5, 0.6) is 5.75 Å². The Kier molecular flexibility index (Phi) is 5.61. The van der Waals surface area contributed by atoms with Gasteiger partial charge in [-0.05, 0) is 36.6 Å². The largest absolute Gasteiger partial charge is 0.495 e. The van der Waals surface area contributed by atoms with Gasteiger partial charge in [-0.3, -0.25) is 14.2 Å². The van der Waals surface area contributed by atoms with Gasteiger partial charge >= 0.3 is 5.69 Å². The number of rotatable bonds is 4. The van der Waals surface area contributed by atoms with Crippen molar-refractivity contribution in [2.45, 2.75) is 33.4 Å². The average Bonchev–Trinajstić information content (AvgIpc) is 3.21. The van der Waals surface area contributed by atoms with E-state index in [4.69, 9.17) is 4.74 Å². The molecule has 0 aliphatic carbocycles. The van der Waals surface area contributed by atoms with Crippen LogP contribution >= 0.6 is 11.3 Å². The van der Waals surface area contributed by atoms with Crippen LogP contribution in [-0.2, 0) is 24.3 Å². The molecule has 0 spiro atoms. The number of methoxy groups -OCH3 is 1. The molecule has 174 valence electrons. The van der Waals surface area contributed by atoms with E-state index in [-0.39, 0.29) is 11.5 Å². The molecule has 34 heavy (non-hydrogen) atoms. The minimum Gasteiger partial charge on any atom is -0.495 e. The van der Waals surface area contributed by atoms with Gasteiger partial charge in [-0.15, -0.1) is 11.3 Å². The molecule has 2 aromatic heterocycles. The molecular weight excluding hydrogens is 450 g/mol. The van der Waals surface area contributed by atoms with Crippen LogP contribution in [0.2, 0.25) is 0 Å². The van der Waals surface area contributed by atoms with Crippen molar-refractivity contribution in [3.63, 3.8) is 0 Å². The minimum absolute atomic E-state index is 0.00619. The molecule has 0 fully saturated rings. The van der Waals surface area contributed by atoms with E-state index in [2.05, 4.69) is 0 Å². The number of nitrogens with zero attached hydrogens (tertiary/aromatic N) is 3. The first-order chi connectivity index (χ1) is 16.4. The fraction of sp³-hybridized carbons (Fsp3) is 0.269. The molecule has 7 nitrogen and oxygen atoms in total. The molecule has 0 N–H and O–H groups in total. The van der Waals surface area contributed by atoms with Crippen LogP contribution < -0.4 is 16.0 Å². The van der Waals surface area contributed by atoms with Gasteiger partial charge in [-0.2, -0.15) is 0 Å². The molecule has 1 aliphatic rings. The Morgan fingerprint density at radius 2 is 1.91 bits per heavy atom. The van der Waals surface area contributed by atoms with E-state index in [1.165, 1.54) is 23.0 Å². The number of hydrogen-bond acceptors (Lipinski definition) is 5. The van der Waals surface area contributed by atoms with Crippen molar-refractivity contribution < 1.29 is 9.53 Å². The number of fused-ring (bicyclic) bond motifs is 3. The zero-order valence-corrected chi connectivity index (χ0v) is 20.1. The van der Waals surface area contributed by atoms with Crippen LogP contribution in [0.3, 0.4) is 0 Å². The van der Waals surface area contributed by atoms with Crippen LogP contribution in [0.25, 0.3) is 15.9 Å². The predicted octanol–water partition coefficient (Wildman–Crippen LogP) is 3.48. The van der Waals surface area contributed by atoms with Gasteiger partial charge in [0.15, 0.2) is 0 Å². The van der Waals surface area contributed by atoms with Crippen molar-refractivity contribution in [3.8, 4) is 11.4 Å². The summed E-state index contributed by atoms with van der Waals surface area (Å²) in [5, 5.41) is 0.557. The lowest BCUT2D eigenvalue weighted by Crippen LogP contribution is -2.39. The highest BCUT2D eigenvalue weighted by Crippen LogP contribution is 2.34. The lowest BCUT2D eigenvalue weighted by Gasteiger charge is -2.25. The number of benzene rings is 2. The second-order valence-corrected chi connectivity index (χ2v) is 9.63. The SMILES string of the molecule is COc1ccccc1-n1c(=O)c2c3c(sc2n(Cc2cccc(C)c2)c1=O)CN(C(C)=O)CC3. The maximum Gasteiger partial charge on any atom is 0.337 e. The standard InChI is InChI=1S/C26H25N3O4S/c1-16-7-6-8-18(13-16)14-28-25-23(19-11-12-27(17(2)30)15-22(19)34-25)24(31)29(26(28)32)20-9-4-5-10-21(20)33-3/h4-10,13H,11-12,14-15H2,1-3H3. The Hall–Kier alpha value is -3.65. The molecule has 3 heterocycles. The predicted molar refractivity (Wildman–Crippen MR) is 133 cm³/mol. The summed E-state index contributed by atoms with van der Waals surface area (Å²) in [4.78, 5) is 43.1. The molecule has 0 atom stereocenters. The zero-order chi connectivity index (χ0) is 24.0. The monoisotopic (exact) mass is 475 g/mol. The Morgan fingerprint density at radius 3 is 2.65 bits per heavy atom. The van der Waals surface area contributed by atoms with Crippen LogP contribution in [0, 0.1) is 6.92 Å². The number of aromatic nitrogens is 2. The molecule has 2 aromatic carbocycles. The van der Waals surface area contributed by atoms with Crippen molar-refractivity contribution in [1.29, 1.82) is 0 Å². The van der Waals surface area contributed by atoms with E-state index in [0.29, 0.717) is 47.7 Å². The Bertz CT molecular complexity index is 1550. The average molecular weight is 476 g/mol. The third kappa shape index (κ3) is 3.64. The van der Waals surface area contributed by atoms with Gasteiger partial charge in [0, 0.05) is 18.3 Å². The molecule has 8 heteroatoms. The normalized spacial score (nSPS) is 13.2. The number of amides is 1. The van der Waals surface area contributed by atoms with Crippen molar-refractivity contribution >= 4 is 27.5 Å². The molecule has 0 unspecified atom stereocenters. The van der Waals surface area contributed by atoms with Gasteiger partial charge in [0.1, 0.15) is 10.6 Å². The lowest BCUT2D eigenvalue weighted by atomic mass is 10.1. The van der Waals surface area contributed by atoms with Gasteiger partial charge < -0.3 is 9.64 Å². The van der Waals surface area contributed by atoms with Gasteiger partial charge in [0.25, 0.3) is 5.56 Å². The van der Waals surface area contributed by atoms with Crippen LogP contribution in [-0.4, -0.2) is 33.6 Å².